The van der Waals surface area contributed by atoms with Crippen LogP contribution in [-0.2, 0) is 0 Å². The fourth-order valence-electron chi connectivity index (χ4n) is 2.37. The lowest BCUT2D eigenvalue weighted by Crippen LogP contribution is -2.00. The number of hydrogen-bond acceptors (Lipinski definition) is 1. The molecular formula is C21H29N. The summed E-state index contributed by atoms with van der Waals surface area (Å²) in [5.41, 5.74) is 3.90. The van der Waals surface area contributed by atoms with Gasteiger partial charge in [-0.25, -0.2) is 0 Å². The Bertz CT molecular complexity index is 536. The molecule has 22 heavy (non-hydrogen) atoms. The molecule has 1 rings (SSSR count). The summed E-state index contributed by atoms with van der Waals surface area (Å²) in [6.45, 7) is 8.72. The average Bonchev–Trinajstić information content (AvgIpc) is 2.50. The third-order valence-corrected chi connectivity index (χ3v) is 3.67. The van der Waals surface area contributed by atoms with Crippen LogP contribution in [-0.4, -0.2) is 6.21 Å². The largest absolute Gasteiger partial charge is 0.264 e. The molecule has 1 aliphatic rings. The highest BCUT2D eigenvalue weighted by atomic mass is 14.7. The van der Waals surface area contributed by atoms with E-state index in [0.717, 1.165) is 19.3 Å². The monoisotopic (exact) mass is 295 g/mol. The fraction of sp³-hybridized carbons (Fsp3) is 0.381. The molecule has 1 atom stereocenters. The molecule has 0 aromatic heterocycles. The van der Waals surface area contributed by atoms with Crippen molar-refractivity contribution in [2.45, 2.75) is 47.0 Å². The summed E-state index contributed by atoms with van der Waals surface area (Å²) in [7, 11) is 0. The van der Waals surface area contributed by atoms with Gasteiger partial charge in [-0.3, -0.25) is 4.99 Å². The Balaban J connectivity index is 3.13. The highest BCUT2D eigenvalue weighted by molar-refractivity contribution is 5.72. The second kappa shape index (κ2) is 10.8. The van der Waals surface area contributed by atoms with Crippen molar-refractivity contribution in [3.05, 3.63) is 71.5 Å². The first-order valence-electron chi connectivity index (χ1n) is 8.25. The van der Waals surface area contributed by atoms with Gasteiger partial charge in [-0.2, -0.15) is 0 Å². The molecule has 0 amide bonds. The number of rotatable bonds is 3. The molecule has 0 aromatic rings. The molecule has 118 valence electrons. The van der Waals surface area contributed by atoms with E-state index in [9.17, 15) is 0 Å². The summed E-state index contributed by atoms with van der Waals surface area (Å²) in [6.07, 6.45) is 24.3. The minimum atomic E-state index is 0.520. The van der Waals surface area contributed by atoms with Gasteiger partial charge in [0.25, 0.3) is 0 Å². The maximum atomic E-state index is 4.44. The van der Waals surface area contributed by atoms with Crippen LogP contribution in [0.1, 0.15) is 47.0 Å². The topological polar surface area (TPSA) is 12.4 Å². The van der Waals surface area contributed by atoms with Gasteiger partial charge in [-0.05, 0) is 50.7 Å². The zero-order valence-electron chi connectivity index (χ0n) is 14.4. The lowest BCUT2D eigenvalue weighted by atomic mass is 9.92. The first-order valence-corrected chi connectivity index (χ1v) is 8.25. The van der Waals surface area contributed by atoms with E-state index < -0.39 is 0 Å². The average molecular weight is 295 g/mol. The van der Waals surface area contributed by atoms with Gasteiger partial charge in [-0.15, -0.1) is 0 Å². The van der Waals surface area contributed by atoms with Gasteiger partial charge in [0.15, 0.2) is 0 Å². The quantitative estimate of drug-likeness (QED) is 0.576. The Morgan fingerprint density at radius 3 is 2.68 bits per heavy atom. The van der Waals surface area contributed by atoms with Crippen LogP contribution >= 0.6 is 0 Å². The molecule has 1 heteroatoms. The van der Waals surface area contributed by atoms with Crippen molar-refractivity contribution in [2.24, 2.45) is 10.9 Å². The molecule has 0 aromatic carbocycles. The van der Waals surface area contributed by atoms with Gasteiger partial charge >= 0.3 is 0 Å². The minimum absolute atomic E-state index is 0.520. The number of hydrogen-bond donors (Lipinski definition) is 0. The van der Waals surface area contributed by atoms with Crippen LogP contribution in [0.5, 0.6) is 0 Å². The summed E-state index contributed by atoms with van der Waals surface area (Å²) in [6, 6.07) is 0. The van der Waals surface area contributed by atoms with Crippen molar-refractivity contribution in [2.75, 3.05) is 0 Å². The van der Waals surface area contributed by atoms with E-state index in [1.54, 1.807) is 0 Å². The van der Waals surface area contributed by atoms with E-state index >= 15 is 0 Å². The number of aliphatic imine (C=N–C) groups is 1. The first-order chi connectivity index (χ1) is 10.7. The SMILES string of the molecule is CC\C=C/C1=C\N=C\C=C/C=C\C(C)=C\C(C)=C\CC1CC. The molecule has 0 spiro atoms. The van der Waals surface area contributed by atoms with Crippen molar-refractivity contribution in [3.8, 4) is 0 Å². The Hall–Kier alpha value is -1.89. The van der Waals surface area contributed by atoms with Gasteiger partial charge in [0.05, 0.1) is 0 Å². The Labute approximate surface area is 136 Å². The van der Waals surface area contributed by atoms with Crippen LogP contribution in [0.3, 0.4) is 0 Å². The number of allylic oxidation sites excluding steroid dienone is 11. The minimum Gasteiger partial charge on any atom is -0.264 e. The van der Waals surface area contributed by atoms with Crippen LogP contribution in [0.2, 0.25) is 0 Å². The first kappa shape index (κ1) is 18.2. The molecule has 0 fully saturated rings. The smallest absolute Gasteiger partial charge is 0.0302 e. The predicted octanol–water partition coefficient (Wildman–Crippen LogP) is 6.34. The van der Waals surface area contributed by atoms with E-state index in [4.69, 9.17) is 0 Å². The van der Waals surface area contributed by atoms with Crippen LogP contribution in [0.4, 0.5) is 0 Å². The van der Waals surface area contributed by atoms with Crippen LogP contribution < -0.4 is 0 Å². The van der Waals surface area contributed by atoms with Crippen molar-refractivity contribution in [1.29, 1.82) is 0 Å². The standard InChI is InChI=1S/C21H29N/c1-5-7-12-21-17-22-15-10-8-9-11-18(3)16-19(4)13-14-20(21)6-2/h7-13,15-17,20H,5-6,14H2,1-4H3/b10-8-,11-9-,12-7-,18-16+,19-13+,21-17+,22-15+. The third kappa shape index (κ3) is 7.21. The summed E-state index contributed by atoms with van der Waals surface area (Å²) < 4.78 is 0. The van der Waals surface area contributed by atoms with Crippen LogP contribution in [0.15, 0.2) is 76.5 Å². The normalized spacial score (nSPS) is 32.0. The fourth-order valence-corrected chi connectivity index (χ4v) is 2.37. The van der Waals surface area contributed by atoms with Crippen molar-refractivity contribution < 1.29 is 0 Å². The third-order valence-electron chi connectivity index (χ3n) is 3.67. The second-order valence-electron chi connectivity index (χ2n) is 5.66. The zero-order chi connectivity index (χ0) is 16.2. The van der Waals surface area contributed by atoms with Crippen molar-refractivity contribution in [1.82, 2.24) is 0 Å². The lowest BCUT2D eigenvalue weighted by Gasteiger charge is -2.14. The molecule has 0 aliphatic carbocycles. The summed E-state index contributed by atoms with van der Waals surface area (Å²) in [5, 5.41) is 0. The molecule has 1 unspecified atom stereocenters. The van der Waals surface area contributed by atoms with E-state index in [-0.39, 0.29) is 0 Å². The highest BCUT2D eigenvalue weighted by Crippen LogP contribution is 2.22. The highest BCUT2D eigenvalue weighted by Gasteiger charge is 2.08. The van der Waals surface area contributed by atoms with Gasteiger partial charge in [0.1, 0.15) is 0 Å². The lowest BCUT2D eigenvalue weighted by molar-refractivity contribution is 0.610. The molecule has 0 saturated heterocycles. The Morgan fingerprint density at radius 2 is 1.95 bits per heavy atom. The van der Waals surface area contributed by atoms with E-state index in [1.807, 2.05) is 30.6 Å². The van der Waals surface area contributed by atoms with E-state index in [2.05, 4.69) is 63.1 Å². The predicted molar refractivity (Wildman–Crippen MR) is 100 cm³/mol. The molecule has 1 heterocycles. The summed E-state index contributed by atoms with van der Waals surface area (Å²) >= 11 is 0. The molecule has 0 bridgehead atoms. The van der Waals surface area contributed by atoms with E-state index in [1.165, 1.54) is 16.7 Å². The van der Waals surface area contributed by atoms with Crippen LogP contribution in [0.25, 0.3) is 0 Å². The molecule has 1 aliphatic heterocycles. The molecular weight excluding hydrogens is 266 g/mol. The molecule has 0 N–H and O–H groups in total. The Morgan fingerprint density at radius 1 is 1.14 bits per heavy atom. The van der Waals surface area contributed by atoms with Crippen molar-refractivity contribution in [3.63, 3.8) is 0 Å². The van der Waals surface area contributed by atoms with Crippen molar-refractivity contribution >= 4 is 6.21 Å². The molecule has 0 radical (unpaired) electrons. The maximum Gasteiger partial charge on any atom is 0.0302 e. The van der Waals surface area contributed by atoms with Crippen LogP contribution in [0, 0.1) is 5.92 Å². The van der Waals surface area contributed by atoms with Gasteiger partial charge in [-0.1, -0.05) is 67.5 Å². The number of nitrogens with zero attached hydrogens (tertiary/aromatic N) is 1. The van der Waals surface area contributed by atoms with E-state index in [0.29, 0.717) is 5.92 Å². The molecule has 0 saturated carbocycles. The Kier molecular flexibility index (Phi) is 8.90. The zero-order valence-corrected chi connectivity index (χ0v) is 14.4. The maximum absolute atomic E-state index is 4.44. The van der Waals surface area contributed by atoms with Gasteiger partial charge in [0.2, 0.25) is 0 Å². The molecule has 1 nitrogen and oxygen atoms in total. The van der Waals surface area contributed by atoms with Gasteiger partial charge in [0, 0.05) is 12.4 Å². The second-order valence-corrected chi connectivity index (χ2v) is 5.66. The van der Waals surface area contributed by atoms with Gasteiger partial charge < -0.3 is 0 Å². The summed E-state index contributed by atoms with van der Waals surface area (Å²) in [5.74, 6) is 0.520. The summed E-state index contributed by atoms with van der Waals surface area (Å²) in [4.78, 5) is 4.44.